The topological polar surface area (TPSA) is 62.7 Å². The van der Waals surface area contributed by atoms with Gasteiger partial charge in [0.15, 0.2) is 0 Å². The minimum absolute atomic E-state index is 0.0765. The van der Waals surface area contributed by atoms with Crippen LogP contribution >= 0.6 is 0 Å². The summed E-state index contributed by atoms with van der Waals surface area (Å²) in [5.74, 6) is -0.128. The van der Waals surface area contributed by atoms with Crippen LogP contribution in [-0.4, -0.2) is 40.7 Å². The van der Waals surface area contributed by atoms with Crippen LogP contribution in [-0.2, 0) is 37.0 Å². The molecule has 0 spiro atoms. The molecule has 216 valence electrons. The zero-order valence-electron chi connectivity index (χ0n) is 24.4. The van der Waals surface area contributed by atoms with Crippen molar-refractivity contribution in [3.63, 3.8) is 0 Å². The van der Waals surface area contributed by atoms with Gasteiger partial charge in [-0.3, -0.25) is 14.7 Å². The number of carboxylic acid groups (broad SMARTS) is 1. The van der Waals surface area contributed by atoms with Crippen LogP contribution < -0.4 is 4.74 Å². The third-order valence-electron chi connectivity index (χ3n) is 8.65. The number of aliphatic carboxylic acids is 1. The summed E-state index contributed by atoms with van der Waals surface area (Å²) in [6.07, 6.45) is 4.80. The molecular formula is C36H37FN2O3. The van der Waals surface area contributed by atoms with Crippen LogP contribution in [0.4, 0.5) is 4.39 Å². The summed E-state index contributed by atoms with van der Waals surface area (Å²) in [6, 6.07) is 19.8. The number of aryl methyl sites for hydroxylation is 4. The molecule has 0 amide bonds. The van der Waals surface area contributed by atoms with E-state index in [1.165, 1.54) is 34.4 Å². The lowest BCUT2D eigenvalue weighted by atomic mass is 9.85. The second-order valence-corrected chi connectivity index (χ2v) is 11.6. The minimum atomic E-state index is -0.859. The maximum atomic E-state index is 13.2. The van der Waals surface area contributed by atoms with Crippen LogP contribution in [0.2, 0.25) is 0 Å². The molecule has 0 radical (unpaired) electrons. The Balaban J connectivity index is 1.30. The van der Waals surface area contributed by atoms with Gasteiger partial charge in [0.25, 0.3) is 0 Å². The predicted octanol–water partition coefficient (Wildman–Crippen LogP) is 7.11. The van der Waals surface area contributed by atoms with Crippen LogP contribution in [0.25, 0.3) is 22.3 Å². The number of hydrogen-bond donors (Lipinski definition) is 1. The summed E-state index contributed by atoms with van der Waals surface area (Å²) < 4.78 is 19.1. The van der Waals surface area contributed by atoms with Gasteiger partial charge in [0.1, 0.15) is 11.6 Å². The number of aromatic nitrogens is 1. The number of benzene rings is 3. The molecule has 1 N–H and O–H groups in total. The van der Waals surface area contributed by atoms with Crippen LogP contribution in [0.3, 0.4) is 0 Å². The molecule has 0 unspecified atom stereocenters. The summed E-state index contributed by atoms with van der Waals surface area (Å²) in [5.41, 5.74) is 11.5. The maximum Gasteiger partial charge on any atom is 0.307 e. The summed E-state index contributed by atoms with van der Waals surface area (Å²) >= 11 is 0. The van der Waals surface area contributed by atoms with Crippen molar-refractivity contribution in [2.75, 3.05) is 19.7 Å². The third kappa shape index (κ3) is 5.95. The number of rotatable bonds is 8. The Morgan fingerprint density at radius 1 is 0.929 bits per heavy atom. The van der Waals surface area contributed by atoms with Crippen LogP contribution in [0.15, 0.2) is 60.7 Å². The van der Waals surface area contributed by atoms with Crippen molar-refractivity contribution in [2.24, 2.45) is 0 Å². The summed E-state index contributed by atoms with van der Waals surface area (Å²) in [7, 11) is 0. The van der Waals surface area contributed by atoms with Crippen LogP contribution in [0.1, 0.15) is 52.0 Å². The number of fused-ring (bicyclic) bond motifs is 2. The number of halogens is 1. The first-order valence-electron chi connectivity index (χ1n) is 14.9. The smallest absolute Gasteiger partial charge is 0.307 e. The van der Waals surface area contributed by atoms with Crippen molar-refractivity contribution in [1.29, 1.82) is 0 Å². The third-order valence-corrected chi connectivity index (χ3v) is 8.65. The number of carboxylic acids is 1. The lowest BCUT2D eigenvalue weighted by molar-refractivity contribution is -0.136. The molecule has 0 aliphatic carbocycles. The Morgan fingerprint density at radius 3 is 2.50 bits per heavy atom. The van der Waals surface area contributed by atoms with Crippen molar-refractivity contribution in [2.45, 2.75) is 58.9 Å². The number of ether oxygens (including phenoxy) is 1. The first-order chi connectivity index (χ1) is 20.4. The SMILES string of the molecule is Cc1nc(C)c(-c2ccc3c(c2)CCN(CCCc2ccc(F)cc2)C3)c(-c2ccc3c(c2)CCCO3)c1CC(=O)O. The van der Waals surface area contributed by atoms with E-state index in [0.29, 0.717) is 0 Å². The first-order valence-corrected chi connectivity index (χ1v) is 14.9. The lowest BCUT2D eigenvalue weighted by Gasteiger charge is -2.29. The van der Waals surface area contributed by atoms with Crippen molar-refractivity contribution < 1.29 is 19.0 Å². The summed E-state index contributed by atoms with van der Waals surface area (Å²) in [4.78, 5) is 19.3. The minimum Gasteiger partial charge on any atom is -0.493 e. The second kappa shape index (κ2) is 12.1. The van der Waals surface area contributed by atoms with Gasteiger partial charge in [0.2, 0.25) is 0 Å². The van der Waals surface area contributed by atoms with E-state index >= 15 is 0 Å². The maximum absolute atomic E-state index is 13.2. The zero-order chi connectivity index (χ0) is 29.2. The van der Waals surface area contributed by atoms with Gasteiger partial charge < -0.3 is 9.84 Å². The molecule has 1 aromatic heterocycles. The molecule has 0 saturated carbocycles. The normalized spacial score (nSPS) is 14.6. The van der Waals surface area contributed by atoms with E-state index < -0.39 is 5.97 Å². The highest BCUT2D eigenvalue weighted by atomic mass is 19.1. The Bertz CT molecular complexity index is 1630. The highest BCUT2D eigenvalue weighted by Crippen LogP contribution is 2.41. The molecule has 0 fully saturated rings. The Morgan fingerprint density at radius 2 is 1.69 bits per heavy atom. The van der Waals surface area contributed by atoms with Crippen molar-refractivity contribution in [3.05, 3.63) is 106 Å². The van der Waals surface area contributed by atoms with Gasteiger partial charge in [-0.2, -0.15) is 0 Å². The van der Waals surface area contributed by atoms with Crippen LogP contribution in [0.5, 0.6) is 5.75 Å². The van der Waals surface area contributed by atoms with E-state index in [1.54, 1.807) is 0 Å². The molecule has 6 heteroatoms. The molecule has 0 atom stereocenters. The molecule has 3 heterocycles. The highest BCUT2D eigenvalue weighted by Gasteiger charge is 2.24. The van der Waals surface area contributed by atoms with Gasteiger partial charge in [-0.05, 0) is 121 Å². The molecule has 2 aliphatic rings. The summed E-state index contributed by atoms with van der Waals surface area (Å²) in [5, 5.41) is 9.84. The Hall–Kier alpha value is -4.03. The number of nitrogens with zero attached hydrogens (tertiary/aromatic N) is 2. The lowest BCUT2D eigenvalue weighted by Crippen LogP contribution is -2.31. The van der Waals surface area contributed by atoms with Gasteiger partial charge in [0, 0.05) is 30.0 Å². The van der Waals surface area contributed by atoms with Gasteiger partial charge in [-0.25, -0.2) is 4.39 Å². The number of carbonyl (C=O) groups is 1. The fraction of sp³-hybridized carbons (Fsp3) is 0.333. The standard InChI is InChI=1S/C36H37FN2O3/c1-23-32(21-34(40)41)36(29-11-14-33-27(20-29)6-4-18-42-33)35(24(2)38-23)28-9-10-30-22-39(17-15-26(30)19-28)16-3-5-25-7-12-31(37)13-8-25/h7-14,19-20H,3-6,15-18,21-22H2,1-2H3,(H,40,41). The first kappa shape index (κ1) is 28.1. The number of hydrogen-bond acceptors (Lipinski definition) is 4. The quantitative estimate of drug-likeness (QED) is 0.247. The van der Waals surface area contributed by atoms with E-state index in [9.17, 15) is 14.3 Å². The van der Waals surface area contributed by atoms with E-state index in [-0.39, 0.29) is 12.2 Å². The largest absolute Gasteiger partial charge is 0.493 e. The molecule has 3 aromatic carbocycles. The molecule has 0 saturated heterocycles. The highest BCUT2D eigenvalue weighted by molar-refractivity contribution is 5.90. The van der Waals surface area contributed by atoms with Gasteiger partial charge in [-0.15, -0.1) is 0 Å². The molecule has 4 aromatic rings. The molecule has 0 bridgehead atoms. The molecule has 6 rings (SSSR count). The Labute approximate surface area is 247 Å². The zero-order valence-corrected chi connectivity index (χ0v) is 24.4. The van der Waals surface area contributed by atoms with Crippen molar-refractivity contribution in [1.82, 2.24) is 9.88 Å². The van der Waals surface area contributed by atoms with Gasteiger partial charge in [0.05, 0.1) is 13.0 Å². The second-order valence-electron chi connectivity index (χ2n) is 11.6. The molecular weight excluding hydrogens is 527 g/mol. The van der Waals surface area contributed by atoms with Crippen LogP contribution in [0, 0.1) is 19.7 Å². The van der Waals surface area contributed by atoms with E-state index in [0.717, 1.165) is 103 Å². The molecule has 42 heavy (non-hydrogen) atoms. The van der Waals surface area contributed by atoms with Crippen molar-refractivity contribution in [3.8, 4) is 28.0 Å². The van der Waals surface area contributed by atoms with Gasteiger partial charge in [-0.1, -0.05) is 36.4 Å². The average molecular weight is 565 g/mol. The molecule has 2 aliphatic heterocycles. The van der Waals surface area contributed by atoms with E-state index in [2.05, 4.69) is 35.2 Å². The number of pyridine rings is 1. The average Bonchev–Trinajstić information content (AvgIpc) is 2.98. The van der Waals surface area contributed by atoms with E-state index in [1.807, 2.05) is 32.0 Å². The van der Waals surface area contributed by atoms with E-state index in [4.69, 9.17) is 9.72 Å². The Kier molecular flexibility index (Phi) is 8.07. The monoisotopic (exact) mass is 564 g/mol. The summed E-state index contributed by atoms with van der Waals surface area (Å²) in [6.45, 7) is 7.58. The van der Waals surface area contributed by atoms with Crippen molar-refractivity contribution >= 4 is 5.97 Å². The molecule has 5 nitrogen and oxygen atoms in total. The fourth-order valence-corrected chi connectivity index (χ4v) is 6.56. The fourth-order valence-electron chi connectivity index (χ4n) is 6.56. The predicted molar refractivity (Wildman–Crippen MR) is 163 cm³/mol. The van der Waals surface area contributed by atoms with Gasteiger partial charge >= 0.3 is 5.97 Å².